The van der Waals surface area contributed by atoms with E-state index in [1.165, 1.54) is 6.42 Å². The molecule has 0 radical (unpaired) electrons. The van der Waals surface area contributed by atoms with Crippen LogP contribution in [-0.4, -0.2) is 19.3 Å². The molecule has 1 aromatic rings. The highest BCUT2D eigenvalue weighted by atomic mass is 16.5. The highest BCUT2D eigenvalue weighted by molar-refractivity contribution is 5.45. The molecule has 2 N–H and O–H groups in total. The van der Waals surface area contributed by atoms with Crippen LogP contribution >= 0.6 is 0 Å². The van der Waals surface area contributed by atoms with E-state index < -0.39 is 0 Å². The van der Waals surface area contributed by atoms with Gasteiger partial charge in [-0.2, -0.15) is 0 Å². The third-order valence-corrected chi connectivity index (χ3v) is 3.44. The Labute approximate surface area is 103 Å². The van der Waals surface area contributed by atoms with E-state index in [4.69, 9.17) is 15.2 Å². The summed E-state index contributed by atoms with van der Waals surface area (Å²) in [5, 5.41) is 0. The number of anilines is 1. The molecule has 0 spiro atoms. The average Bonchev–Trinajstić information content (AvgIpc) is 2.38. The van der Waals surface area contributed by atoms with E-state index in [0.29, 0.717) is 18.8 Å². The molecule has 1 fully saturated rings. The first-order valence-electron chi connectivity index (χ1n) is 6.27. The highest BCUT2D eigenvalue weighted by Gasteiger charge is 2.22. The molecule has 1 aromatic carbocycles. The summed E-state index contributed by atoms with van der Waals surface area (Å²) in [6.07, 6.45) is 5.16. The lowest BCUT2D eigenvalue weighted by atomic mass is 9.95. The summed E-state index contributed by atoms with van der Waals surface area (Å²) in [6, 6.07) is 7.87. The number of methoxy groups -OCH3 is 1. The van der Waals surface area contributed by atoms with Crippen molar-refractivity contribution in [1.82, 2.24) is 0 Å². The summed E-state index contributed by atoms with van der Waals surface area (Å²) >= 11 is 0. The van der Waals surface area contributed by atoms with Crippen molar-refractivity contribution in [3.05, 3.63) is 29.8 Å². The minimum Gasteiger partial charge on any atom is -0.398 e. The van der Waals surface area contributed by atoms with Gasteiger partial charge in [-0.15, -0.1) is 0 Å². The molecule has 0 aliphatic heterocycles. The van der Waals surface area contributed by atoms with Gasteiger partial charge in [0.2, 0.25) is 0 Å². The van der Waals surface area contributed by atoms with Crippen LogP contribution in [0.1, 0.15) is 31.2 Å². The molecule has 0 heterocycles. The number of ether oxygens (including phenoxy) is 2. The number of nitrogen functional groups attached to an aromatic ring is 1. The van der Waals surface area contributed by atoms with Gasteiger partial charge in [-0.25, -0.2) is 0 Å². The lowest BCUT2D eigenvalue weighted by Crippen LogP contribution is -2.27. The summed E-state index contributed by atoms with van der Waals surface area (Å²) in [5.74, 6) is 0. The third-order valence-electron chi connectivity index (χ3n) is 3.44. The van der Waals surface area contributed by atoms with Gasteiger partial charge in [-0.1, -0.05) is 18.2 Å². The van der Waals surface area contributed by atoms with Crippen molar-refractivity contribution in [2.24, 2.45) is 0 Å². The fourth-order valence-corrected chi connectivity index (χ4v) is 2.34. The van der Waals surface area contributed by atoms with Gasteiger partial charge >= 0.3 is 0 Å². The van der Waals surface area contributed by atoms with Crippen LogP contribution in [0.3, 0.4) is 0 Å². The fraction of sp³-hybridized carbons (Fsp3) is 0.571. The SMILES string of the molecule is COC1CCCC(OCc2ccccc2N)C1. The minimum absolute atomic E-state index is 0.313. The molecule has 1 aliphatic carbocycles. The lowest BCUT2D eigenvalue weighted by molar-refractivity contribution is -0.0361. The van der Waals surface area contributed by atoms with E-state index in [0.717, 1.165) is 30.5 Å². The molecule has 0 aromatic heterocycles. The van der Waals surface area contributed by atoms with Crippen molar-refractivity contribution >= 4 is 5.69 Å². The van der Waals surface area contributed by atoms with E-state index in [1.54, 1.807) is 7.11 Å². The number of rotatable bonds is 4. The zero-order valence-corrected chi connectivity index (χ0v) is 10.4. The number of hydrogen-bond acceptors (Lipinski definition) is 3. The van der Waals surface area contributed by atoms with Crippen molar-refractivity contribution in [3.63, 3.8) is 0 Å². The highest BCUT2D eigenvalue weighted by Crippen LogP contribution is 2.24. The Morgan fingerprint density at radius 2 is 2.00 bits per heavy atom. The van der Waals surface area contributed by atoms with Gasteiger partial charge in [0, 0.05) is 18.4 Å². The van der Waals surface area contributed by atoms with E-state index in [2.05, 4.69) is 0 Å². The zero-order chi connectivity index (χ0) is 12.1. The van der Waals surface area contributed by atoms with Gasteiger partial charge in [-0.05, 0) is 31.7 Å². The summed E-state index contributed by atoms with van der Waals surface area (Å²) in [6.45, 7) is 0.605. The topological polar surface area (TPSA) is 44.5 Å². The summed E-state index contributed by atoms with van der Waals surface area (Å²) < 4.78 is 11.3. The second-order valence-corrected chi connectivity index (χ2v) is 4.66. The maximum absolute atomic E-state index is 5.92. The maximum atomic E-state index is 5.92. The second kappa shape index (κ2) is 6.03. The second-order valence-electron chi connectivity index (χ2n) is 4.66. The summed E-state index contributed by atoms with van der Waals surface area (Å²) in [5.41, 5.74) is 7.77. The van der Waals surface area contributed by atoms with Crippen molar-refractivity contribution in [1.29, 1.82) is 0 Å². The zero-order valence-electron chi connectivity index (χ0n) is 10.4. The van der Waals surface area contributed by atoms with Crippen LogP contribution in [0, 0.1) is 0 Å². The van der Waals surface area contributed by atoms with Crippen LogP contribution in [0.25, 0.3) is 0 Å². The molecule has 2 atom stereocenters. The molecule has 17 heavy (non-hydrogen) atoms. The summed E-state index contributed by atoms with van der Waals surface area (Å²) in [4.78, 5) is 0. The standard InChI is InChI=1S/C14H21NO2/c1-16-12-6-4-7-13(9-12)17-10-11-5-2-3-8-14(11)15/h2-3,5,8,12-13H,4,6-7,9-10,15H2,1H3. The van der Waals surface area contributed by atoms with E-state index in [9.17, 15) is 0 Å². The van der Waals surface area contributed by atoms with Gasteiger partial charge in [0.1, 0.15) is 0 Å². The van der Waals surface area contributed by atoms with Crippen LogP contribution in [0.2, 0.25) is 0 Å². The third kappa shape index (κ3) is 3.45. The molecule has 0 bridgehead atoms. The number of para-hydroxylation sites is 1. The number of hydrogen-bond donors (Lipinski definition) is 1. The van der Waals surface area contributed by atoms with E-state index in [-0.39, 0.29) is 0 Å². The van der Waals surface area contributed by atoms with Crippen LogP contribution in [0.4, 0.5) is 5.69 Å². The van der Waals surface area contributed by atoms with Crippen molar-refractivity contribution < 1.29 is 9.47 Å². The predicted molar refractivity (Wildman–Crippen MR) is 68.7 cm³/mol. The van der Waals surface area contributed by atoms with Gasteiger partial charge in [0.25, 0.3) is 0 Å². The van der Waals surface area contributed by atoms with Crippen LogP contribution < -0.4 is 5.73 Å². The van der Waals surface area contributed by atoms with E-state index >= 15 is 0 Å². The Kier molecular flexibility index (Phi) is 4.40. The largest absolute Gasteiger partial charge is 0.398 e. The monoisotopic (exact) mass is 235 g/mol. The molecule has 1 saturated carbocycles. The molecule has 2 rings (SSSR count). The van der Waals surface area contributed by atoms with Gasteiger partial charge < -0.3 is 15.2 Å². The predicted octanol–water partition coefficient (Wildman–Crippen LogP) is 2.74. The Balaban J connectivity index is 1.84. The molecular weight excluding hydrogens is 214 g/mol. The molecule has 3 nitrogen and oxygen atoms in total. The van der Waals surface area contributed by atoms with Crippen molar-refractivity contribution in [2.75, 3.05) is 12.8 Å². The molecule has 0 amide bonds. The minimum atomic E-state index is 0.313. The summed E-state index contributed by atoms with van der Waals surface area (Å²) in [7, 11) is 1.78. The lowest BCUT2D eigenvalue weighted by Gasteiger charge is -2.28. The van der Waals surface area contributed by atoms with Crippen LogP contribution in [-0.2, 0) is 16.1 Å². The molecule has 2 unspecified atom stereocenters. The molecule has 0 saturated heterocycles. The first kappa shape index (κ1) is 12.4. The maximum Gasteiger partial charge on any atom is 0.0740 e. The van der Waals surface area contributed by atoms with Gasteiger partial charge in [0.05, 0.1) is 18.8 Å². The Hall–Kier alpha value is -1.06. The molecule has 3 heteroatoms. The quantitative estimate of drug-likeness (QED) is 0.816. The van der Waals surface area contributed by atoms with Crippen LogP contribution in [0.5, 0.6) is 0 Å². The Bertz CT molecular complexity index is 354. The Morgan fingerprint density at radius 1 is 1.24 bits per heavy atom. The first-order chi connectivity index (χ1) is 8.29. The average molecular weight is 235 g/mol. The number of benzene rings is 1. The van der Waals surface area contributed by atoms with Gasteiger partial charge in [0.15, 0.2) is 0 Å². The first-order valence-corrected chi connectivity index (χ1v) is 6.27. The molecular formula is C14H21NO2. The van der Waals surface area contributed by atoms with Crippen LogP contribution in [0.15, 0.2) is 24.3 Å². The smallest absolute Gasteiger partial charge is 0.0740 e. The number of nitrogens with two attached hydrogens (primary N) is 1. The van der Waals surface area contributed by atoms with Crippen molar-refractivity contribution in [3.8, 4) is 0 Å². The van der Waals surface area contributed by atoms with E-state index in [1.807, 2.05) is 24.3 Å². The van der Waals surface area contributed by atoms with Gasteiger partial charge in [-0.3, -0.25) is 0 Å². The molecule has 94 valence electrons. The fourth-order valence-electron chi connectivity index (χ4n) is 2.34. The van der Waals surface area contributed by atoms with Crippen molar-refractivity contribution in [2.45, 2.75) is 44.5 Å². The Morgan fingerprint density at radius 3 is 2.76 bits per heavy atom. The normalized spacial score (nSPS) is 24.8. The molecule has 1 aliphatic rings.